The van der Waals surface area contributed by atoms with Crippen molar-refractivity contribution in [3.63, 3.8) is 0 Å². The number of hydrogen-bond acceptors (Lipinski definition) is 5. The summed E-state index contributed by atoms with van der Waals surface area (Å²) in [6, 6.07) is 0. The third kappa shape index (κ3) is 4.55. The van der Waals surface area contributed by atoms with E-state index in [0.717, 1.165) is 6.42 Å². The van der Waals surface area contributed by atoms with E-state index in [9.17, 15) is 18.0 Å². The van der Waals surface area contributed by atoms with Crippen LogP contribution in [0.5, 0.6) is 0 Å². The molecule has 17 heavy (non-hydrogen) atoms. The summed E-state index contributed by atoms with van der Waals surface area (Å²) >= 11 is 0.570. The van der Waals surface area contributed by atoms with Crippen LogP contribution in [0.2, 0.25) is 0 Å². The Labute approximate surface area is 99.6 Å². The minimum absolute atomic E-state index is 0.0241. The lowest BCUT2D eigenvalue weighted by Crippen LogP contribution is -2.30. The van der Waals surface area contributed by atoms with Crippen molar-refractivity contribution in [2.75, 3.05) is 18.4 Å². The molecule has 0 aliphatic rings. The molecule has 1 rings (SSSR count). The molecule has 0 aliphatic carbocycles. The average molecular weight is 268 g/mol. The van der Waals surface area contributed by atoms with Gasteiger partial charge in [-0.1, -0.05) is 6.92 Å². The van der Waals surface area contributed by atoms with Crippen LogP contribution >= 0.6 is 11.5 Å². The number of nitrogens with zero attached hydrogens (tertiary/aromatic N) is 2. The van der Waals surface area contributed by atoms with Crippen LogP contribution in [0, 0.1) is 0 Å². The van der Waals surface area contributed by atoms with Gasteiger partial charge in [0.05, 0.1) is 6.54 Å². The highest BCUT2D eigenvalue weighted by Crippen LogP contribution is 2.28. The van der Waals surface area contributed by atoms with Crippen LogP contribution in [0.15, 0.2) is 0 Å². The highest BCUT2D eigenvalue weighted by molar-refractivity contribution is 7.09. The highest BCUT2D eigenvalue weighted by Gasteiger charge is 2.36. The summed E-state index contributed by atoms with van der Waals surface area (Å²) in [6.45, 7) is 2.31. The molecule has 0 saturated carbocycles. The second-order valence-electron chi connectivity index (χ2n) is 3.12. The van der Waals surface area contributed by atoms with E-state index in [1.165, 1.54) is 0 Å². The Kier molecular flexibility index (Phi) is 4.67. The Morgan fingerprint density at radius 2 is 2.18 bits per heavy atom. The molecule has 0 unspecified atom stereocenters. The second-order valence-corrected chi connectivity index (χ2v) is 3.88. The van der Waals surface area contributed by atoms with Crippen molar-refractivity contribution in [2.45, 2.75) is 19.5 Å². The first-order valence-corrected chi connectivity index (χ1v) is 5.62. The first-order chi connectivity index (χ1) is 7.93. The lowest BCUT2D eigenvalue weighted by Gasteiger charge is -2.03. The van der Waals surface area contributed by atoms with Crippen molar-refractivity contribution >= 4 is 22.6 Å². The lowest BCUT2D eigenvalue weighted by atomic mass is 10.4. The van der Waals surface area contributed by atoms with Gasteiger partial charge in [0.2, 0.25) is 16.9 Å². The maximum Gasteiger partial charge on any atom is 0.452 e. The maximum atomic E-state index is 12.1. The zero-order valence-electron chi connectivity index (χ0n) is 8.97. The van der Waals surface area contributed by atoms with Crippen molar-refractivity contribution < 1.29 is 18.0 Å². The molecule has 0 spiro atoms. The average Bonchev–Trinajstić information content (AvgIpc) is 2.71. The summed E-state index contributed by atoms with van der Waals surface area (Å²) in [5.41, 5.74) is 0. The van der Waals surface area contributed by atoms with Gasteiger partial charge in [0, 0.05) is 18.1 Å². The standard InChI is InChI=1S/C8H11F3N4OS/c1-2-3-12-5(16)4-13-7-14-6(15-17-7)8(9,10)11/h2-4H2,1H3,(H,12,16)(H,13,14,15). The van der Waals surface area contributed by atoms with Crippen LogP contribution in [-0.4, -0.2) is 28.4 Å². The van der Waals surface area contributed by atoms with E-state index in [1.54, 1.807) is 0 Å². The first-order valence-electron chi connectivity index (χ1n) is 4.85. The molecule has 1 amide bonds. The number of carbonyl (C=O) groups is 1. The molecule has 0 bridgehead atoms. The van der Waals surface area contributed by atoms with Crippen LogP contribution in [0.4, 0.5) is 18.3 Å². The van der Waals surface area contributed by atoms with E-state index < -0.39 is 12.0 Å². The molecule has 0 saturated heterocycles. The Morgan fingerprint density at radius 1 is 1.47 bits per heavy atom. The summed E-state index contributed by atoms with van der Waals surface area (Å²) in [6.07, 6.45) is -3.76. The van der Waals surface area contributed by atoms with Crippen LogP contribution < -0.4 is 10.6 Å². The van der Waals surface area contributed by atoms with Gasteiger partial charge in [-0.25, -0.2) is 0 Å². The molecule has 1 aromatic rings. The van der Waals surface area contributed by atoms with Gasteiger partial charge in [0.25, 0.3) is 0 Å². The van der Waals surface area contributed by atoms with Gasteiger partial charge in [-0.2, -0.15) is 22.5 Å². The SMILES string of the molecule is CCCNC(=O)CNc1nc(C(F)(F)F)ns1. The number of aromatic nitrogens is 2. The van der Waals surface area contributed by atoms with Crippen LogP contribution in [0.1, 0.15) is 19.2 Å². The van der Waals surface area contributed by atoms with E-state index in [4.69, 9.17) is 0 Å². The van der Waals surface area contributed by atoms with Crippen LogP contribution in [-0.2, 0) is 11.0 Å². The highest BCUT2D eigenvalue weighted by atomic mass is 32.1. The predicted molar refractivity (Wildman–Crippen MR) is 56.7 cm³/mol. The monoisotopic (exact) mass is 268 g/mol. The molecule has 96 valence electrons. The van der Waals surface area contributed by atoms with Crippen molar-refractivity contribution in [3.05, 3.63) is 5.82 Å². The minimum atomic E-state index is -4.55. The molecular weight excluding hydrogens is 257 g/mol. The third-order valence-corrected chi connectivity index (χ3v) is 2.32. The van der Waals surface area contributed by atoms with E-state index in [1.807, 2.05) is 6.92 Å². The zero-order chi connectivity index (χ0) is 12.9. The van der Waals surface area contributed by atoms with E-state index in [-0.39, 0.29) is 17.6 Å². The van der Waals surface area contributed by atoms with Crippen LogP contribution in [0.25, 0.3) is 0 Å². The topological polar surface area (TPSA) is 66.9 Å². The lowest BCUT2D eigenvalue weighted by molar-refractivity contribution is -0.144. The maximum absolute atomic E-state index is 12.1. The van der Waals surface area contributed by atoms with Gasteiger partial charge < -0.3 is 10.6 Å². The second kappa shape index (κ2) is 5.80. The number of alkyl halides is 3. The summed E-state index contributed by atoms with van der Waals surface area (Å²) in [4.78, 5) is 14.4. The summed E-state index contributed by atoms with van der Waals surface area (Å²) < 4.78 is 39.6. The molecule has 9 heteroatoms. The smallest absolute Gasteiger partial charge is 0.355 e. The van der Waals surface area contributed by atoms with Gasteiger partial charge in [0.1, 0.15) is 0 Å². The predicted octanol–water partition coefficient (Wildman–Crippen LogP) is 1.49. The molecular formula is C8H11F3N4OS. The van der Waals surface area contributed by atoms with Gasteiger partial charge in [0.15, 0.2) is 0 Å². The van der Waals surface area contributed by atoms with Crippen molar-refractivity contribution in [1.82, 2.24) is 14.7 Å². The fourth-order valence-corrected chi connectivity index (χ4v) is 1.47. The molecule has 5 nitrogen and oxygen atoms in total. The molecule has 0 fully saturated rings. The Balaban J connectivity index is 2.42. The Bertz CT molecular complexity index is 379. The molecule has 0 aromatic carbocycles. The third-order valence-electron chi connectivity index (χ3n) is 1.65. The number of carbonyl (C=O) groups excluding carboxylic acids is 1. The van der Waals surface area contributed by atoms with Crippen molar-refractivity contribution in [3.8, 4) is 0 Å². The number of nitrogens with one attached hydrogen (secondary N) is 2. The molecule has 0 atom stereocenters. The molecule has 0 radical (unpaired) electrons. The summed E-state index contributed by atoms with van der Waals surface area (Å²) in [7, 11) is 0. The van der Waals surface area contributed by atoms with Gasteiger partial charge >= 0.3 is 6.18 Å². The molecule has 2 N–H and O–H groups in total. The van der Waals surface area contributed by atoms with Crippen molar-refractivity contribution in [1.29, 1.82) is 0 Å². The number of rotatable bonds is 5. The fraction of sp³-hybridized carbons (Fsp3) is 0.625. The van der Waals surface area contributed by atoms with E-state index in [0.29, 0.717) is 18.1 Å². The van der Waals surface area contributed by atoms with E-state index in [2.05, 4.69) is 20.0 Å². The Hall–Kier alpha value is -1.38. The summed E-state index contributed by atoms with van der Waals surface area (Å²) in [5, 5.41) is 5.03. The van der Waals surface area contributed by atoms with Crippen molar-refractivity contribution in [2.24, 2.45) is 0 Å². The van der Waals surface area contributed by atoms with E-state index >= 15 is 0 Å². The number of anilines is 1. The minimum Gasteiger partial charge on any atom is -0.355 e. The summed E-state index contributed by atoms with van der Waals surface area (Å²) in [5.74, 6) is -1.49. The number of amides is 1. The molecule has 0 aliphatic heterocycles. The quantitative estimate of drug-likeness (QED) is 0.849. The van der Waals surface area contributed by atoms with Gasteiger partial charge in [-0.15, -0.1) is 0 Å². The molecule has 1 heterocycles. The Morgan fingerprint density at radius 3 is 2.71 bits per heavy atom. The number of hydrogen-bond donors (Lipinski definition) is 2. The zero-order valence-corrected chi connectivity index (χ0v) is 9.78. The molecule has 1 aromatic heterocycles. The largest absolute Gasteiger partial charge is 0.452 e. The normalized spacial score (nSPS) is 11.3. The number of halogens is 3. The van der Waals surface area contributed by atoms with Gasteiger partial charge in [-0.3, -0.25) is 4.79 Å². The first kappa shape index (κ1) is 13.7. The van der Waals surface area contributed by atoms with Gasteiger partial charge in [-0.05, 0) is 6.42 Å². The van der Waals surface area contributed by atoms with Crippen LogP contribution in [0.3, 0.4) is 0 Å². The fourth-order valence-electron chi connectivity index (χ4n) is 0.893.